The minimum Gasteiger partial charge on any atom is -0.468 e. The summed E-state index contributed by atoms with van der Waals surface area (Å²) in [4.78, 5) is 40.6. The molecule has 0 unspecified atom stereocenters. The zero-order valence-electron chi connectivity index (χ0n) is 14.7. The maximum absolute atomic E-state index is 12.8. The summed E-state index contributed by atoms with van der Waals surface area (Å²) < 4.78 is 11.4. The molecule has 1 saturated heterocycles. The summed E-state index contributed by atoms with van der Waals surface area (Å²) in [7, 11) is 0. The third kappa shape index (κ3) is 1.33. The van der Waals surface area contributed by atoms with Crippen molar-refractivity contribution in [3.8, 4) is 5.88 Å². The molecule has 0 radical (unpaired) electrons. The molecular weight excluding hydrogens is 338 g/mol. The van der Waals surface area contributed by atoms with E-state index in [1.807, 2.05) is 33.8 Å². The lowest BCUT2D eigenvalue weighted by atomic mass is 9.38. The average Bonchev–Trinajstić information content (AvgIpc) is 2.75. The molecule has 2 aliphatic heterocycles. The molecule has 4 heterocycles. The average molecular weight is 355 g/mol. The van der Waals surface area contributed by atoms with Crippen LogP contribution in [0.5, 0.6) is 5.88 Å². The van der Waals surface area contributed by atoms with E-state index >= 15 is 0 Å². The van der Waals surface area contributed by atoms with Crippen molar-refractivity contribution in [1.29, 1.82) is 0 Å². The van der Waals surface area contributed by atoms with Crippen molar-refractivity contribution in [2.45, 2.75) is 44.8 Å². The van der Waals surface area contributed by atoms with E-state index in [0.717, 1.165) is 11.1 Å². The molecule has 2 N–H and O–H groups in total. The van der Waals surface area contributed by atoms with Gasteiger partial charge in [0.05, 0.1) is 16.9 Å². The number of amides is 3. The largest absolute Gasteiger partial charge is 0.468 e. The molecule has 8 nitrogen and oxygen atoms in total. The van der Waals surface area contributed by atoms with Crippen LogP contribution < -0.4 is 21.0 Å². The van der Waals surface area contributed by atoms with Crippen LogP contribution in [0.3, 0.4) is 0 Å². The van der Waals surface area contributed by atoms with Crippen LogP contribution in [0.4, 0.5) is 4.79 Å². The SMILES string of the molecule is Cc1cc(=O)oc2nc3c(cc12)[C@@]1(C)[C@@]2(C)C(=O)NC(=O)N[C@H]2[C@@]1(C)O3. The van der Waals surface area contributed by atoms with Gasteiger partial charge >= 0.3 is 11.7 Å². The van der Waals surface area contributed by atoms with Gasteiger partial charge in [-0.15, -0.1) is 0 Å². The van der Waals surface area contributed by atoms with Gasteiger partial charge in [-0.05, 0) is 32.4 Å². The van der Waals surface area contributed by atoms with E-state index < -0.39 is 34.1 Å². The lowest BCUT2D eigenvalue weighted by molar-refractivity contribution is -0.198. The number of carbonyl (C=O) groups is 2. The van der Waals surface area contributed by atoms with E-state index in [9.17, 15) is 14.4 Å². The van der Waals surface area contributed by atoms with Crippen LogP contribution in [0, 0.1) is 12.3 Å². The predicted molar refractivity (Wildman–Crippen MR) is 90.0 cm³/mol. The van der Waals surface area contributed by atoms with Gasteiger partial charge in [-0.1, -0.05) is 6.92 Å². The van der Waals surface area contributed by atoms with E-state index in [1.165, 1.54) is 6.07 Å². The highest BCUT2D eigenvalue weighted by Gasteiger charge is 2.84. The monoisotopic (exact) mass is 355 g/mol. The van der Waals surface area contributed by atoms with Crippen molar-refractivity contribution in [1.82, 2.24) is 15.6 Å². The van der Waals surface area contributed by atoms with Crippen LogP contribution >= 0.6 is 0 Å². The van der Waals surface area contributed by atoms with Crippen LogP contribution in [0.2, 0.25) is 0 Å². The second-order valence-electron chi connectivity index (χ2n) is 7.84. The number of hydrogen-bond donors (Lipinski definition) is 2. The van der Waals surface area contributed by atoms with Gasteiger partial charge in [0.25, 0.3) is 0 Å². The number of carbonyl (C=O) groups excluding carboxylic acids is 2. The first kappa shape index (κ1) is 15.4. The molecule has 2 fully saturated rings. The van der Waals surface area contributed by atoms with Crippen molar-refractivity contribution < 1.29 is 18.7 Å². The number of ether oxygens (including phenoxy) is 1. The molecule has 1 saturated carbocycles. The minimum absolute atomic E-state index is 0.198. The summed E-state index contributed by atoms with van der Waals surface area (Å²) in [6.45, 7) is 7.46. The van der Waals surface area contributed by atoms with Crippen LogP contribution in [-0.2, 0) is 10.2 Å². The van der Waals surface area contributed by atoms with E-state index in [2.05, 4.69) is 15.6 Å². The lowest BCUT2D eigenvalue weighted by Gasteiger charge is -2.68. The number of hydrogen-bond acceptors (Lipinski definition) is 6. The second kappa shape index (κ2) is 4.08. The van der Waals surface area contributed by atoms with E-state index in [1.54, 1.807) is 0 Å². The minimum atomic E-state index is -0.889. The van der Waals surface area contributed by atoms with Gasteiger partial charge in [0.2, 0.25) is 17.5 Å². The predicted octanol–water partition coefficient (Wildman–Crippen LogP) is 1.13. The van der Waals surface area contributed by atoms with Crippen molar-refractivity contribution in [3.05, 3.63) is 33.7 Å². The number of nitrogens with zero attached hydrogens (tertiary/aromatic N) is 1. The first-order chi connectivity index (χ1) is 12.1. The maximum atomic E-state index is 12.8. The standard InChI is InChI=1S/C18H17N3O5/c1-7-5-10(22)25-11-8(7)6-9-12(19-11)26-18(4)13-16(2,17(9,18)3)14(23)21-15(24)20-13/h5-6,13H,1-4H3,(H2,20,21,23,24)/t13-,16-,17+,18-/m1/s1. The number of imide groups is 1. The molecule has 1 aliphatic carbocycles. The topological polar surface area (TPSA) is 111 Å². The third-order valence-electron chi connectivity index (χ3n) is 6.89. The number of fused-ring (bicyclic) bond motifs is 7. The van der Waals surface area contributed by atoms with Gasteiger partial charge in [-0.2, -0.15) is 4.98 Å². The Kier molecular flexibility index (Phi) is 2.41. The second-order valence-corrected chi connectivity index (χ2v) is 7.84. The summed E-state index contributed by atoms with van der Waals surface area (Å²) in [6, 6.07) is 2.27. The van der Waals surface area contributed by atoms with Gasteiger partial charge in [0.1, 0.15) is 5.60 Å². The fourth-order valence-electron chi connectivity index (χ4n) is 5.17. The van der Waals surface area contributed by atoms with Gasteiger partial charge in [0.15, 0.2) is 0 Å². The molecule has 3 aliphatic rings. The van der Waals surface area contributed by atoms with Gasteiger partial charge < -0.3 is 14.5 Å². The highest BCUT2D eigenvalue weighted by atomic mass is 16.5. The Bertz CT molecular complexity index is 1110. The van der Waals surface area contributed by atoms with Gasteiger partial charge in [-0.25, -0.2) is 9.59 Å². The number of pyridine rings is 1. The van der Waals surface area contributed by atoms with Crippen molar-refractivity contribution in [2.24, 2.45) is 5.41 Å². The Hall–Kier alpha value is -2.90. The Labute approximate surface area is 147 Å². The number of rotatable bonds is 0. The molecule has 0 aromatic carbocycles. The fourth-order valence-corrected chi connectivity index (χ4v) is 5.17. The first-order valence-electron chi connectivity index (χ1n) is 8.40. The van der Waals surface area contributed by atoms with Crippen LogP contribution in [0.15, 0.2) is 21.3 Å². The van der Waals surface area contributed by atoms with Crippen molar-refractivity contribution >= 4 is 23.0 Å². The summed E-state index contributed by atoms with van der Waals surface area (Å²) in [5.74, 6) is -0.00647. The van der Waals surface area contributed by atoms with Crippen LogP contribution in [0.25, 0.3) is 11.1 Å². The molecule has 8 heteroatoms. The van der Waals surface area contributed by atoms with E-state index in [4.69, 9.17) is 9.15 Å². The molecule has 4 atom stereocenters. The fraction of sp³-hybridized carbons (Fsp3) is 0.444. The molecular formula is C18H17N3O5. The Balaban J connectivity index is 1.80. The number of urea groups is 1. The van der Waals surface area contributed by atoms with Crippen molar-refractivity contribution in [3.63, 3.8) is 0 Å². The number of nitrogens with one attached hydrogen (secondary N) is 2. The van der Waals surface area contributed by atoms with Gasteiger partial charge in [-0.3, -0.25) is 10.1 Å². The lowest BCUT2D eigenvalue weighted by Crippen LogP contribution is -2.89. The molecule has 3 amide bonds. The molecule has 0 bridgehead atoms. The van der Waals surface area contributed by atoms with Crippen molar-refractivity contribution in [2.75, 3.05) is 0 Å². The van der Waals surface area contributed by atoms with Gasteiger partial charge in [0, 0.05) is 17.0 Å². The molecule has 5 rings (SSSR count). The summed E-state index contributed by atoms with van der Waals surface area (Å²) in [6.07, 6.45) is 0. The highest BCUT2D eigenvalue weighted by molar-refractivity contribution is 6.04. The summed E-state index contributed by atoms with van der Waals surface area (Å²) in [5.41, 5.74) is -1.20. The first-order valence-corrected chi connectivity index (χ1v) is 8.40. The Morgan fingerprint density at radius 2 is 1.88 bits per heavy atom. The van der Waals surface area contributed by atoms with Crippen LogP contribution in [0.1, 0.15) is 31.9 Å². The normalized spacial score (nSPS) is 37.0. The molecule has 0 spiro atoms. The molecule has 2 aromatic rings. The Morgan fingerprint density at radius 1 is 1.15 bits per heavy atom. The third-order valence-corrected chi connectivity index (χ3v) is 6.89. The number of aryl methyl sites for hydroxylation is 1. The van der Waals surface area contributed by atoms with E-state index in [-0.39, 0.29) is 11.6 Å². The molecule has 134 valence electrons. The zero-order chi connectivity index (χ0) is 18.6. The highest BCUT2D eigenvalue weighted by Crippen LogP contribution is 2.70. The zero-order valence-corrected chi connectivity index (χ0v) is 14.7. The quantitative estimate of drug-likeness (QED) is 0.733. The molecule has 26 heavy (non-hydrogen) atoms. The maximum Gasteiger partial charge on any atom is 0.337 e. The van der Waals surface area contributed by atoms with Crippen LogP contribution in [-0.4, -0.2) is 28.6 Å². The van der Waals surface area contributed by atoms with E-state index in [0.29, 0.717) is 11.3 Å². The number of aromatic nitrogens is 1. The Morgan fingerprint density at radius 3 is 2.62 bits per heavy atom. The summed E-state index contributed by atoms with van der Waals surface area (Å²) in [5, 5.41) is 5.89. The smallest absolute Gasteiger partial charge is 0.337 e. The summed E-state index contributed by atoms with van der Waals surface area (Å²) >= 11 is 0. The molecule has 2 aromatic heterocycles.